The molecule has 0 bridgehead atoms. The first kappa shape index (κ1) is 15.5. The Kier molecular flexibility index (Phi) is 4.06. The number of anilines is 1. The molecule has 0 saturated carbocycles. The van der Waals surface area contributed by atoms with Gasteiger partial charge in [-0.3, -0.25) is 5.10 Å². The summed E-state index contributed by atoms with van der Waals surface area (Å²) in [7, 11) is -3.63. The van der Waals surface area contributed by atoms with Crippen molar-refractivity contribution in [1.82, 2.24) is 14.9 Å². The van der Waals surface area contributed by atoms with E-state index in [4.69, 9.17) is 5.73 Å². The number of sulfonamides is 1. The zero-order chi connectivity index (χ0) is 15.8. The number of nitrogens with one attached hydrogen (secondary N) is 2. The second kappa shape index (κ2) is 5.50. The average Bonchev–Trinajstić information content (AvgIpc) is 2.79. The van der Waals surface area contributed by atoms with E-state index in [0.29, 0.717) is 16.8 Å². The topological polar surface area (TPSA) is 101 Å². The van der Waals surface area contributed by atoms with Crippen molar-refractivity contribution in [3.05, 3.63) is 40.2 Å². The highest BCUT2D eigenvalue weighted by Gasteiger charge is 2.22. The Hall–Kier alpha value is -1.86. The van der Waals surface area contributed by atoms with Gasteiger partial charge in [0.1, 0.15) is 0 Å². The Morgan fingerprint density at radius 2 is 1.90 bits per heavy atom. The number of aryl methyl sites for hydroxylation is 3. The maximum absolute atomic E-state index is 12.5. The van der Waals surface area contributed by atoms with Gasteiger partial charge in [-0.15, -0.1) is 0 Å². The first-order valence-corrected chi connectivity index (χ1v) is 8.07. The molecule has 7 heteroatoms. The highest BCUT2D eigenvalue weighted by Crippen LogP contribution is 2.28. The van der Waals surface area contributed by atoms with Crippen molar-refractivity contribution in [2.24, 2.45) is 0 Å². The maximum Gasteiger partial charge on any atom is 0.241 e. The smallest absolute Gasteiger partial charge is 0.241 e. The molecule has 114 valence electrons. The van der Waals surface area contributed by atoms with Crippen LogP contribution >= 0.6 is 0 Å². The highest BCUT2D eigenvalue weighted by molar-refractivity contribution is 7.89. The van der Waals surface area contributed by atoms with Gasteiger partial charge < -0.3 is 5.73 Å². The first-order valence-electron chi connectivity index (χ1n) is 6.59. The van der Waals surface area contributed by atoms with Crippen molar-refractivity contribution in [1.29, 1.82) is 0 Å². The number of H-pyrrole nitrogens is 1. The van der Waals surface area contributed by atoms with E-state index in [-0.39, 0.29) is 11.4 Å². The van der Waals surface area contributed by atoms with Crippen LogP contribution in [0.4, 0.5) is 5.69 Å². The molecule has 0 aliphatic heterocycles. The largest absolute Gasteiger partial charge is 0.398 e. The fraction of sp³-hybridized carbons (Fsp3) is 0.357. The molecular formula is C14H20N4O2S. The number of nitrogens with two attached hydrogens (primary N) is 1. The summed E-state index contributed by atoms with van der Waals surface area (Å²) < 4.78 is 27.7. The third-order valence-corrected chi connectivity index (χ3v) is 5.31. The van der Waals surface area contributed by atoms with E-state index >= 15 is 0 Å². The van der Waals surface area contributed by atoms with Gasteiger partial charge in [0.05, 0.1) is 11.1 Å². The molecule has 21 heavy (non-hydrogen) atoms. The minimum atomic E-state index is -3.63. The van der Waals surface area contributed by atoms with Gasteiger partial charge in [0.2, 0.25) is 10.0 Å². The predicted octanol–water partition coefficient (Wildman–Crippen LogP) is 1.70. The monoisotopic (exact) mass is 308 g/mol. The third kappa shape index (κ3) is 2.93. The fourth-order valence-corrected chi connectivity index (χ4v) is 3.88. The van der Waals surface area contributed by atoms with Crippen molar-refractivity contribution in [2.75, 3.05) is 5.73 Å². The number of nitrogen functional groups attached to an aromatic ring is 1. The average molecular weight is 308 g/mol. The summed E-state index contributed by atoms with van der Waals surface area (Å²) in [6, 6.07) is 1.79. The van der Waals surface area contributed by atoms with E-state index < -0.39 is 10.0 Å². The summed E-state index contributed by atoms with van der Waals surface area (Å²) in [5.41, 5.74) is 10.3. The highest BCUT2D eigenvalue weighted by atomic mass is 32.2. The molecule has 0 amide bonds. The van der Waals surface area contributed by atoms with Crippen LogP contribution in [0.5, 0.6) is 0 Å². The van der Waals surface area contributed by atoms with Crippen LogP contribution in [0.3, 0.4) is 0 Å². The van der Waals surface area contributed by atoms with Gasteiger partial charge in [0.25, 0.3) is 0 Å². The molecule has 0 fully saturated rings. The number of hydrogen-bond acceptors (Lipinski definition) is 4. The van der Waals surface area contributed by atoms with Crippen LogP contribution in [-0.4, -0.2) is 18.6 Å². The molecular weight excluding hydrogens is 288 g/mol. The minimum Gasteiger partial charge on any atom is -0.398 e. The van der Waals surface area contributed by atoms with Crippen LogP contribution in [0.1, 0.15) is 27.9 Å². The van der Waals surface area contributed by atoms with E-state index in [2.05, 4.69) is 14.9 Å². The standard InChI is InChI=1S/C14H20N4O2S/c1-8-5-9(2)14(10(3)13(8)15)21(19,20)17-7-12-6-16-18-11(12)4/h5-6,17H,7,15H2,1-4H3,(H,16,18). The van der Waals surface area contributed by atoms with Gasteiger partial charge in [-0.2, -0.15) is 5.10 Å². The number of rotatable bonds is 4. The molecule has 6 nitrogen and oxygen atoms in total. The summed E-state index contributed by atoms with van der Waals surface area (Å²) in [6.07, 6.45) is 1.61. The molecule has 1 aromatic carbocycles. The second-order valence-electron chi connectivity index (χ2n) is 5.22. The van der Waals surface area contributed by atoms with Gasteiger partial charge in [-0.05, 0) is 44.4 Å². The van der Waals surface area contributed by atoms with Gasteiger partial charge in [0, 0.05) is 23.5 Å². The molecule has 1 heterocycles. The number of hydrogen-bond donors (Lipinski definition) is 3. The summed E-state index contributed by atoms with van der Waals surface area (Å²) in [5.74, 6) is 0. The van der Waals surface area contributed by atoms with E-state index in [9.17, 15) is 8.42 Å². The lowest BCUT2D eigenvalue weighted by atomic mass is 10.1. The molecule has 0 spiro atoms. The summed E-state index contributed by atoms with van der Waals surface area (Å²) >= 11 is 0. The summed E-state index contributed by atoms with van der Waals surface area (Å²) in [4.78, 5) is 0.256. The van der Waals surface area contributed by atoms with Crippen LogP contribution in [0, 0.1) is 27.7 Å². The van der Waals surface area contributed by atoms with Crippen molar-refractivity contribution < 1.29 is 8.42 Å². The number of aromatic nitrogens is 2. The van der Waals surface area contributed by atoms with Gasteiger partial charge in [0.15, 0.2) is 0 Å². The van der Waals surface area contributed by atoms with Crippen LogP contribution in [0.25, 0.3) is 0 Å². The maximum atomic E-state index is 12.5. The zero-order valence-electron chi connectivity index (χ0n) is 12.6. The van der Waals surface area contributed by atoms with E-state index in [1.54, 1.807) is 26.1 Å². The Balaban J connectivity index is 2.37. The number of nitrogens with zero attached hydrogens (tertiary/aromatic N) is 1. The predicted molar refractivity (Wildman–Crippen MR) is 82.4 cm³/mol. The molecule has 0 saturated heterocycles. The first-order chi connectivity index (χ1) is 9.74. The quantitative estimate of drug-likeness (QED) is 0.748. The summed E-state index contributed by atoms with van der Waals surface area (Å²) in [5, 5.41) is 6.66. The van der Waals surface area contributed by atoms with E-state index in [1.165, 1.54) is 0 Å². The Bertz CT molecular complexity index is 779. The number of aromatic amines is 1. The van der Waals surface area contributed by atoms with Crippen LogP contribution in [0.15, 0.2) is 17.2 Å². The molecule has 0 radical (unpaired) electrons. The van der Waals surface area contributed by atoms with Crippen LogP contribution in [0.2, 0.25) is 0 Å². The molecule has 0 atom stereocenters. The lowest BCUT2D eigenvalue weighted by Crippen LogP contribution is -2.25. The third-order valence-electron chi connectivity index (χ3n) is 3.62. The van der Waals surface area contributed by atoms with Gasteiger partial charge in [-0.1, -0.05) is 6.07 Å². The van der Waals surface area contributed by atoms with Crippen molar-refractivity contribution in [3.8, 4) is 0 Å². The normalized spacial score (nSPS) is 11.8. The van der Waals surface area contributed by atoms with Gasteiger partial charge in [-0.25, -0.2) is 13.1 Å². The molecule has 0 aliphatic carbocycles. The number of benzene rings is 1. The molecule has 0 unspecified atom stereocenters. The van der Waals surface area contributed by atoms with Crippen LogP contribution < -0.4 is 10.5 Å². The van der Waals surface area contributed by atoms with E-state index in [1.807, 2.05) is 13.8 Å². The molecule has 4 N–H and O–H groups in total. The molecule has 2 aromatic rings. The van der Waals surface area contributed by atoms with E-state index in [0.717, 1.165) is 16.8 Å². The van der Waals surface area contributed by atoms with Crippen molar-refractivity contribution in [2.45, 2.75) is 39.1 Å². The van der Waals surface area contributed by atoms with Crippen LogP contribution in [-0.2, 0) is 16.6 Å². The fourth-order valence-electron chi connectivity index (χ4n) is 2.39. The van der Waals surface area contributed by atoms with Crippen molar-refractivity contribution >= 4 is 15.7 Å². The Morgan fingerprint density at radius 1 is 1.24 bits per heavy atom. The lowest BCUT2D eigenvalue weighted by molar-refractivity contribution is 0.580. The zero-order valence-corrected chi connectivity index (χ0v) is 13.4. The minimum absolute atomic E-state index is 0.192. The molecule has 1 aromatic heterocycles. The Morgan fingerprint density at radius 3 is 2.48 bits per heavy atom. The second-order valence-corrected chi connectivity index (χ2v) is 6.93. The van der Waals surface area contributed by atoms with Crippen molar-refractivity contribution in [3.63, 3.8) is 0 Å². The van der Waals surface area contributed by atoms with Gasteiger partial charge >= 0.3 is 0 Å². The lowest BCUT2D eigenvalue weighted by Gasteiger charge is -2.15. The Labute approximate surface area is 124 Å². The SMILES string of the molecule is Cc1cc(C)c(S(=O)(=O)NCc2cn[nH]c2C)c(C)c1N. The molecule has 2 rings (SSSR count). The molecule has 0 aliphatic rings. The summed E-state index contributed by atoms with van der Waals surface area (Å²) in [6.45, 7) is 7.41.